The van der Waals surface area contributed by atoms with Gasteiger partial charge in [0, 0.05) is 0 Å². The molecule has 0 radical (unpaired) electrons. The van der Waals surface area contributed by atoms with Crippen LogP contribution in [-0.2, 0) is 9.16 Å². The van der Waals surface area contributed by atoms with Gasteiger partial charge in [0.25, 0.3) is 5.56 Å². The van der Waals surface area contributed by atoms with E-state index in [-0.39, 0.29) is 22.9 Å². The number of aromatic nitrogens is 4. The van der Waals surface area contributed by atoms with E-state index in [1.54, 1.807) is 6.33 Å². The lowest BCUT2D eigenvalue weighted by Crippen LogP contribution is -2.42. The fourth-order valence-corrected chi connectivity index (χ4v) is 3.64. The lowest BCUT2D eigenvalue weighted by molar-refractivity contribution is -0.0182. The first-order chi connectivity index (χ1) is 11.2. The third-order valence-electron chi connectivity index (χ3n) is 5.20. The minimum Gasteiger partial charge on any atom is -0.414 e. The number of nitrogens with zero attached hydrogens (tertiary/aromatic N) is 3. The van der Waals surface area contributed by atoms with Crippen LogP contribution in [0.2, 0.25) is 18.1 Å². The van der Waals surface area contributed by atoms with Crippen LogP contribution < -0.4 is 5.56 Å². The first kappa shape index (κ1) is 17.3. The van der Waals surface area contributed by atoms with Gasteiger partial charge in [-0.2, -0.15) is 0 Å². The van der Waals surface area contributed by atoms with E-state index in [0.717, 1.165) is 12.8 Å². The van der Waals surface area contributed by atoms with Crippen LogP contribution in [0.25, 0.3) is 11.2 Å². The molecule has 0 unspecified atom stereocenters. The average Bonchev–Trinajstić information content (AvgIpc) is 3.10. The van der Waals surface area contributed by atoms with Crippen LogP contribution in [0.5, 0.6) is 0 Å². The summed E-state index contributed by atoms with van der Waals surface area (Å²) in [4.78, 5) is 22.7. The van der Waals surface area contributed by atoms with Gasteiger partial charge in [0.15, 0.2) is 19.5 Å². The molecule has 1 N–H and O–H groups in total. The fourth-order valence-electron chi connectivity index (χ4n) is 2.61. The van der Waals surface area contributed by atoms with Crippen LogP contribution >= 0.6 is 0 Å². The van der Waals surface area contributed by atoms with Crippen molar-refractivity contribution < 1.29 is 9.16 Å². The second-order valence-corrected chi connectivity index (χ2v) is 12.7. The molecule has 2 atom stereocenters. The van der Waals surface area contributed by atoms with Gasteiger partial charge in [0.2, 0.25) is 0 Å². The molecule has 7 nitrogen and oxygen atoms in total. The number of fused-ring (bicyclic) bond motifs is 1. The van der Waals surface area contributed by atoms with Crippen molar-refractivity contribution in [3.05, 3.63) is 23.0 Å². The fraction of sp³-hybridized carbons (Fsp3) is 0.688. The molecule has 1 aliphatic rings. The molecule has 8 heteroatoms. The first-order valence-corrected chi connectivity index (χ1v) is 11.3. The minimum absolute atomic E-state index is 0.0728. The monoisotopic (exact) mass is 350 g/mol. The Hall–Kier alpha value is -1.51. The maximum Gasteiger partial charge on any atom is 0.278 e. The Labute approximate surface area is 142 Å². The molecule has 0 amide bonds. The summed E-state index contributed by atoms with van der Waals surface area (Å²) in [6, 6.07) is 0. The summed E-state index contributed by atoms with van der Waals surface area (Å²) in [6.07, 6.45) is 4.76. The second kappa shape index (κ2) is 6.09. The van der Waals surface area contributed by atoms with Crippen molar-refractivity contribution in [3.63, 3.8) is 0 Å². The molecule has 0 spiro atoms. The maximum atomic E-state index is 11.8. The highest BCUT2D eigenvalue weighted by atomic mass is 28.4. The smallest absolute Gasteiger partial charge is 0.278 e. The molecule has 1 fully saturated rings. The van der Waals surface area contributed by atoms with E-state index < -0.39 is 8.32 Å². The van der Waals surface area contributed by atoms with E-state index in [2.05, 4.69) is 48.8 Å². The van der Waals surface area contributed by atoms with Crippen molar-refractivity contribution in [2.24, 2.45) is 0 Å². The van der Waals surface area contributed by atoms with Crippen molar-refractivity contribution in [2.75, 3.05) is 6.61 Å². The molecule has 0 bridgehead atoms. The largest absolute Gasteiger partial charge is 0.414 e. The zero-order chi connectivity index (χ0) is 17.5. The Morgan fingerprint density at radius 1 is 1.38 bits per heavy atom. The number of H-pyrrole nitrogens is 1. The lowest BCUT2D eigenvalue weighted by Gasteiger charge is -2.36. The molecule has 1 aliphatic heterocycles. The topological polar surface area (TPSA) is 82.0 Å². The highest BCUT2D eigenvalue weighted by Gasteiger charge is 2.38. The van der Waals surface area contributed by atoms with Crippen molar-refractivity contribution in [1.29, 1.82) is 0 Å². The van der Waals surface area contributed by atoms with Gasteiger partial charge in [-0.3, -0.25) is 9.36 Å². The molecular weight excluding hydrogens is 324 g/mol. The Morgan fingerprint density at radius 3 is 2.83 bits per heavy atom. The predicted molar refractivity (Wildman–Crippen MR) is 94.4 cm³/mol. The van der Waals surface area contributed by atoms with Crippen LogP contribution in [0.3, 0.4) is 0 Å². The van der Waals surface area contributed by atoms with Gasteiger partial charge in [-0.05, 0) is 31.0 Å². The SMILES string of the molecule is CC(C)(C)[Si](C)(C)OC[C@H]1CC[C@H](n2cnc3c(=O)[nH]cnc32)O1. The van der Waals surface area contributed by atoms with Gasteiger partial charge in [-0.25, -0.2) is 9.97 Å². The van der Waals surface area contributed by atoms with Crippen LogP contribution in [0.4, 0.5) is 0 Å². The van der Waals surface area contributed by atoms with Crippen molar-refractivity contribution in [2.45, 2.75) is 64.1 Å². The standard InChI is InChI=1S/C16H26N4O3Si/c1-16(2,3)24(4,5)22-8-11-6-7-12(23-11)20-10-19-13-14(20)17-9-18-15(13)21/h9-12H,6-8H2,1-5H3,(H,17,18,21)/t11-,12-/m1/s1. The Kier molecular flexibility index (Phi) is 4.39. The molecule has 132 valence electrons. The van der Waals surface area contributed by atoms with Gasteiger partial charge in [-0.1, -0.05) is 20.8 Å². The van der Waals surface area contributed by atoms with E-state index in [1.807, 2.05) is 4.57 Å². The van der Waals surface area contributed by atoms with Crippen LogP contribution in [-0.4, -0.2) is 40.5 Å². The lowest BCUT2D eigenvalue weighted by atomic mass is 10.2. The van der Waals surface area contributed by atoms with Crippen molar-refractivity contribution >= 4 is 19.5 Å². The van der Waals surface area contributed by atoms with Crippen LogP contribution in [0.1, 0.15) is 39.8 Å². The summed E-state index contributed by atoms with van der Waals surface area (Å²) >= 11 is 0. The van der Waals surface area contributed by atoms with Crippen molar-refractivity contribution in [1.82, 2.24) is 19.5 Å². The summed E-state index contributed by atoms with van der Waals surface area (Å²) < 4.78 is 14.2. The molecule has 0 aliphatic carbocycles. The number of aromatic amines is 1. The number of nitrogens with one attached hydrogen (secondary N) is 1. The van der Waals surface area contributed by atoms with Crippen molar-refractivity contribution in [3.8, 4) is 0 Å². The van der Waals surface area contributed by atoms with Gasteiger partial charge >= 0.3 is 0 Å². The Morgan fingerprint density at radius 2 is 2.12 bits per heavy atom. The molecule has 24 heavy (non-hydrogen) atoms. The summed E-state index contributed by atoms with van der Waals surface area (Å²) in [5.41, 5.74) is 0.686. The molecule has 3 heterocycles. The quantitative estimate of drug-likeness (QED) is 0.858. The molecule has 0 aromatic carbocycles. The van der Waals surface area contributed by atoms with Crippen LogP contribution in [0.15, 0.2) is 17.4 Å². The summed E-state index contributed by atoms with van der Waals surface area (Å²) in [7, 11) is -1.77. The van der Waals surface area contributed by atoms with E-state index in [9.17, 15) is 4.79 Å². The minimum atomic E-state index is -1.77. The number of imidazole rings is 1. The van der Waals surface area contributed by atoms with Gasteiger partial charge in [0.05, 0.1) is 25.4 Å². The third kappa shape index (κ3) is 3.18. The highest BCUT2D eigenvalue weighted by Crippen LogP contribution is 2.37. The summed E-state index contributed by atoms with van der Waals surface area (Å²) in [6.45, 7) is 11.8. The second-order valence-electron chi connectivity index (χ2n) is 7.92. The first-order valence-electron chi connectivity index (χ1n) is 8.39. The van der Waals surface area contributed by atoms with E-state index in [1.165, 1.54) is 6.33 Å². The Balaban J connectivity index is 1.67. The molecule has 3 rings (SSSR count). The van der Waals surface area contributed by atoms with Gasteiger partial charge in [-0.15, -0.1) is 0 Å². The highest BCUT2D eigenvalue weighted by molar-refractivity contribution is 6.74. The van der Waals surface area contributed by atoms with E-state index in [0.29, 0.717) is 17.8 Å². The molecule has 1 saturated heterocycles. The summed E-state index contributed by atoms with van der Waals surface area (Å²) in [5.74, 6) is 0. The zero-order valence-electron chi connectivity index (χ0n) is 15.0. The number of hydrogen-bond donors (Lipinski definition) is 1. The third-order valence-corrected chi connectivity index (χ3v) is 9.70. The predicted octanol–water partition coefficient (Wildman–Crippen LogP) is 2.82. The van der Waals surface area contributed by atoms with Crippen LogP contribution in [0, 0.1) is 0 Å². The van der Waals surface area contributed by atoms with Gasteiger partial charge < -0.3 is 14.1 Å². The molecular formula is C16H26N4O3Si. The average molecular weight is 350 g/mol. The maximum absolute atomic E-state index is 11.8. The number of ether oxygens (including phenoxy) is 1. The molecule has 2 aromatic rings. The zero-order valence-corrected chi connectivity index (χ0v) is 16.0. The normalized spacial score (nSPS) is 22.4. The molecule has 2 aromatic heterocycles. The number of hydrogen-bond acceptors (Lipinski definition) is 5. The van der Waals surface area contributed by atoms with E-state index >= 15 is 0 Å². The Bertz CT molecular complexity index is 777. The van der Waals surface area contributed by atoms with Gasteiger partial charge in [0.1, 0.15) is 6.23 Å². The number of rotatable bonds is 4. The van der Waals surface area contributed by atoms with E-state index in [4.69, 9.17) is 9.16 Å². The molecule has 0 saturated carbocycles. The summed E-state index contributed by atoms with van der Waals surface area (Å²) in [5, 5.41) is 0.191.